The van der Waals surface area contributed by atoms with Gasteiger partial charge in [0.1, 0.15) is 0 Å². The van der Waals surface area contributed by atoms with Crippen LogP contribution in [0.1, 0.15) is 26.7 Å². The van der Waals surface area contributed by atoms with Crippen LogP contribution in [0.15, 0.2) is 12.2 Å². The molecule has 1 amide bonds. The minimum Gasteiger partial charge on any atom is -0.341 e. The van der Waals surface area contributed by atoms with Crippen LogP contribution in [-0.4, -0.2) is 54.0 Å². The summed E-state index contributed by atoms with van der Waals surface area (Å²) in [7, 11) is 0. The molecule has 0 bridgehead atoms. The maximum absolute atomic E-state index is 12.3. The Labute approximate surface area is 110 Å². The van der Waals surface area contributed by atoms with Crippen LogP contribution in [0.25, 0.3) is 0 Å². The zero-order valence-corrected chi connectivity index (χ0v) is 11.5. The van der Waals surface area contributed by atoms with E-state index >= 15 is 0 Å². The van der Waals surface area contributed by atoms with E-state index in [1.54, 1.807) is 0 Å². The Morgan fingerprint density at radius 1 is 1.39 bits per heavy atom. The molecule has 0 aromatic carbocycles. The molecule has 1 aliphatic heterocycles. The molecule has 2 N–H and O–H groups in total. The number of nitrogens with two attached hydrogens (primary N) is 1. The average molecular weight is 251 g/mol. The normalized spacial score (nSPS) is 31.6. The van der Waals surface area contributed by atoms with Crippen LogP contribution >= 0.6 is 0 Å². The third-order valence-electron chi connectivity index (χ3n) is 4.24. The van der Waals surface area contributed by atoms with E-state index < -0.39 is 0 Å². The number of hydrogen-bond acceptors (Lipinski definition) is 3. The van der Waals surface area contributed by atoms with Gasteiger partial charge < -0.3 is 10.6 Å². The minimum absolute atomic E-state index is 0.0236. The molecule has 2 aliphatic rings. The minimum atomic E-state index is 0.0236. The van der Waals surface area contributed by atoms with Gasteiger partial charge in [-0.05, 0) is 25.9 Å². The molecule has 3 atom stereocenters. The number of carbonyl (C=O) groups is 1. The van der Waals surface area contributed by atoms with Gasteiger partial charge in [-0.1, -0.05) is 26.0 Å². The van der Waals surface area contributed by atoms with Gasteiger partial charge in [0.15, 0.2) is 0 Å². The fraction of sp³-hybridized carbons (Fsp3) is 0.786. The van der Waals surface area contributed by atoms with Crippen LogP contribution in [0.3, 0.4) is 0 Å². The zero-order valence-electron chi connectivity index (χ0n) is 11.5. The molecule has 1 saturated heterocycles. The maximum atomic E-state index is 12.3. The number of likely N-dealkylation sites (tertiary alicyclic amines) is 1. The Morgan fingerprint density at radius 3 is 2.67 bits per heavy atom. The van der Waals surface area contributed by atoms with Gasteiger partial charge >= 0.3 is 0 Å². The standard InChI is InChI=1S/C14H25N3O/c1-3-16(4-2)13-7-8-17(10-13)14(18)11-5-6-12(15)9-11/h5-6,11-13H,3-4,7-10,15H2,1-2H3. The van der Waals surface area contributed by atoms with E-state index in [0.29, 0.717) is 6.04 Å². The molecule has 1 aliphatic carbocycles. The Kier molecular flexibility index (Phi) is 4.40. The predicted molar refractivity (Wildman–Crippen MR) is 73.1 cm³/mol. The van der Waals surface area contributed by atoms with Gasteiger partial charge in [-0.2, -0.15) is 0 Å². The summed E-state index contributed by atoms with van der Waals surface area (Å²) < 4.78 is 0. The molecular formula is C14H25N3O. The summed E-state index contributed by atoms with van der Waals surface area (Å²) in [6.07, 6.45) is 5.83. The van der Waals surface area contributed by atoms with Crippen LogP contribution in [0.5, 0.6) is 0 Å². The Balaban J connectivity index is 1.89. The number of rotatable bonds is 4. The lowest BCUT2D eigenvalue weighted by atomic mass is 10.1. The number of nitrogens with zero attached hydrogens (tertiary/aromatic N) is 2. The molecule has 0 spiro atoms. The van der Waals surface area contributed by atoms with Crippen molar-refractivity contribution >= 4 is 5.91 Å². The van der Waals surface area contributed by atoms with Gasteiger partial charge in [0.05, 0.1) is 5.92 Å². The highest BCUT2D eigenvalue weighted by molar-refractivity contribution is 5.81. The summed E-state index contributed by atoms with van der Waals surface area (Å²) in [5, 5.41) is 0. The third kappa shape index (κ3) is 2.75. The van der Waals surface area contributed by atoms with Crippen LogP contribution in [-0.2, 0) is 4.79 Å². The summed E-state index contributed by atoms with van der Waals surface area (Å²) in [5.74, 6) is 0.296. The van der Waals surface area contributed by atoms with E-state index in [2.05, 4.69) is 18.7 Å². The summed E-state index contributed by atoms with van der Waals surface area (Å²) in [6.45, 7) is 8.30. The Morgan fingerprint density at radius 2 is 2.11 bits per heavy atom. The van der Waals surface area contributed by atoms with E-state index in [4.69, 9.17) is 5.73 Å². The van der Waals surface area contributed by atoms with Crippen LogP contribution in [0, 0.1) is 5.92 Å². The van der Waals surface area contributed by atoms with Gasteiger partial charge in [0, 0.05) is 25.2 Å². The Hall–Kier alpha value is -0.870. The van der Waals surface area contributed by atoms with Crippen molar-refractivity contribution in [2.75, 3.05) is 26.2 Å². The molecule has 4 nitrogen and oxygen atoms in total. The first-order chi connectivity index (χ1) is 8.65. The quantitative estimate of drug-likeness (QED) is 0.753. The lowest BCUT2D eigenvalue weighted by molar-refractivity contribution is -0.133. The summed E-state index contributed by atoms with van der Waals surface area (Å²) in [5.41, 5.74) is 5.81. The molecule has 0 saturated carbocycles. The zero-order chi connectivity index (χ0) is 13.1. The predicted octanol–water partition coefficient (Wildman–Crippen LogP) is 0.833. The van der Waals surface area contributed by atoms with Crippen molar-refractivity contribution in [3.63, 3.8) is 0 Å². The largest absolute Gasteiger partial charge is 0.341 e. The molecule has 0 aromatic heterocycles. The molecular weight excluding hydrogens is 226 g/mol. The molecule has 0 radical (unpaired) electrons. The van der Waals surface area contributed by atoms with Crippen LogP contribution < -0.4 is 5.73 Å². The van der Waals surface area contributed by atoms with E-state index in [1.807, 2.05) is 17.1 Å². The van der Waals surface area contributed by atoms with Crippen molar-refractivity contribution in [2.24, 2.45) is 11.7 Å². The van der Waals surface area contributed by atoms with Crippen LogP contribution in [0.2, 0.25) is 0 Å². The van der Waals surface area contributed by atoms with E-state index in [1.165, 1.54) is 0 Å². The van der Waals surface area contributed by atoms with E-state index in [0.717, 1.165) is 39.0 Å². The van der Waals surface area contributed by atoms with Crippen molar-refractivity contribution in [3.8, 4) is 0 Å². The molecule has 18 heavy (non-hydrogen) atoms. The van der Waals surface area contributed by atoms with Crippen molar-refractivity contribution in [3.05, 3.63) is 12.2 Å². The molecule has 102 valence electrons. The van der Waals surface area contributed by atoms with Crippen molar-refractivity contribution in [1.82, 2.24) is 9.80 Å². The molecule has 1 fully saturated rings. The van der Waals surface area contributed by atoms with Gasteiger partial charge in [0.2, 0.25) is 5.91 Å². The second-order valence-corrected chi connectivity index (χ2v) is 5.34. The second kappa shape index (κ2) is 5.85. The average Bonchev–Trinajstić information content (AvgIpc) is 2.99. The SMILES string of the molecule is CCN(CC)C1CCN(C(=O)C2C=CC(N)C2)C1. The fourth-order valence-corrected chi connectivity index (χ4v) is 3.12. The highest BCUT2D eigenvalue weighted by Gasteiger charge is 2.33. The van der Waals surface area contributed by atoms with E-state index in [-0.39, 0.29) is 17.9 Å². The van der Waals surface area contributed by atoms with Crippen molar-refractivity contribution in [1.29, 1.82) is 0 Å². The number of hydrogen-bond donors (Lipinski definition) is 1. The van der Waals surface area contributed by atoms with Crippen molar-refractivity contribution in [2.45, 2.75) is 38.8 Å². The number of carbonyl (C=O) groups excluding carboxylic acids is 1. The van der Waals surface area contributed by atoms with Gasteiger partial charge in [0.25, 0.3) is 0 Å². The lowest BCUT2D eigenvalue weighted by Gasteiger charge is -2.26. The highest BCUT2D eigenvalue weighted by atomic mass is 16.2. The first kappa shape index (κ1) is 13.6. The smallest absolute Gasteiger partial charge is 0.229 e. The van der Waals surface area contributed by atoms with Gasteiger partial charge in [-0.25, -0.2) is 0 Å². The molecule has 2 rings (SSSR count). The number of likely N-dealkylation sites (N-methyl/N-ethyl adjacent to an activating group) is 1. The van der Waals surface area contributed by atoms with Gasteiger partial charge in [-0.15, -0.1) is 0 Å². The lowest BCUT2D eigenvalue weighted by Crippen LogP contribution is -2.40. The first-order valence-corrected chi connectivity index (χ1v) is 7.12. The summed E-state index contributed by atoms with van der Waals surface area (Å²) in [4.78, 5) is 16.8. The number of amides is 1. The first-order valence-electron chi connectivity index (χ1n) is 7.12. The van der Waals surface area contributed by atoms with E-state index in [9.17, 15) is 4.79 Å². The third-order valence-corrected chi connectivity index (χ3v) is 4.24. The summed E-state index contributed by atoms with van der Waals surface area (Å²) >= 11 is 0. The monoisotopic (exact) mass is 251 g/mol. The topological polar surface area (TPSA) is 49.6 Å². The van der Waals surface area contributed by atoms with Crippen molar-refractivity contribution < 1.29 is 4.79 Å². The second-order valence-electron chi connectivity index (χ2n) is 5.34. The highest BCUT2D eigenvalue weighted by Crippen LogP contribution is 2.23. The molecule has 0 aromatic rings. The molecule has 3 unspecified atom stereocenters. The van der Waals surface area contributed by atoms with Gasteiger partial charge in [-0.3, -0.25) is 9.69 Å². The Bertz CT molecular complexity index is 325. The molecule has 1 heterocycles. The fourth-order valence-electron chi connectivity index (χ4n) is 3.12. The maximum Gasteiger partial charge on any atom is 0.229 e. The summed E-state index contributed by atoms with van der Waals surface area (Å²) in [6, 6.07) is 0.614. The van der Waals surface area contributed by atoms with Crippen LogP contribution in [0.4, 0.5) is 0 Å². The molecule has 4 heteroatoms.